The molecule has 2 aliphatic heterocycles. The number of fused-ring (bicyclic) bond motifs is 6. The summed E-state index contributed by atoms with van der Waals surface area (Å²) in [6, 6.07) is 30.2. The van der Waals surface area contributed by atoms with Crippen LogP contribution in [0.3, 0.4) is 0 Å². The molecule has 2 nitrogen and oxygen atoms in total. The Balaban J connectivity index is 1.58. The third-order valence-corrected chi connectivity index (χ3v) is 9.63. The molecule has 0 fully saturated rings. The van der Waals surface area contributed by atoms with Gasteiger partial charge in [0, 0.05) is 10.8 Å². The highest BCUT2D eigenvalue weighted by Gasteiger charge is 2.40. The number of nitrogens with zero attached hydrogens (tertiary/aromatic N) is 2. The van der Waals surface area contributed by atoms with Crippen LogP contribution in [0.4, 0.5) is 0 Å². The second kappa shape index (κ2) is 6.96. The van der Waals surface area contributed by atoms with E-state index in [0.29, 0.717) is 0 Å². The summed E-state index contributed by atoms with van der Waals surface area (Å²) in [7, 11) is 0. The molecule has 192 valence electrons. The molecular weight excluding hydrogens is 483 g/mol. The molecule has 0 bridgehead atoms. The van der Waals surface area contributed by atoms with E-state index in [9.17, 15) is 0 Å². The molecule has 5 aromatic carbocycles. The minimum absolute atomic E-state index is 0.0235. The van der Waals surface area contributed by atoms with Crippen molar-refractivity contribution < 1.29 is 0 Å². The van der Waals surface area contributed by atoms with Gasteiger partial charge in [-0.2, -0.15) is 0 Å². The fraction of sp³-hybridized carbons (Fsp3) is 0.216. The monoisotopic (exact) mass is 514 g/mol. The zero-order chi connectivity index (χ0) is 27.3. The summed E-state index contributed by atoms with van der Waals surface area (Å²) in [5.74, 6) is 0. The lowest BCUT2D eigenvalue weighted by atomic mass is 9.32. The van der Waals surface area contributed by atoms with Crippen molar-refractivity contribution in [3.05, 3.63) is 90.0 Å². The largest absolute Gasteiger partial charge is 0.293 e. The van der Waals surface area contributed by atoms with Crippen molar-refractivity contribution in [2.45, 2.75) is 52.4 Å². The normalized spacial score (nSPS) is 14.2. The number of aromatic nitrogens is 2. The molecule has 0 N–H and O–H groups in total. The Morgan fingerprint density at radius 1 is 0.625 bits per heavy atom. The summed E-state index contributed by atoms with van der Waals surface area (Å²) >= 11 is 0. The van der Waals surface area contributed by atoms with E-state index in [4.69, 9.17) is 4.98 Å². The topological polar surface area (TPSA) is 17.3 Å². The number of benzene rings is 5. The molecule has 40 heavy (non-hydrogen) atoms. The van der Waals surface area contributed by atoms with Gasteiger partial charge >= 0.3 is 0 Å². The van der Waals surface area contributed by atoms with Gasteiger partial charge < -0.3 is 0 Å². The summed E-state index contributed by atoms with van der Waals surface area (Å²) < 4.78 is 2.50. The molecule has 0 atom stereocenters. The van der Waals surface area contributed by atoms with Gasteiger partial charge in [0.25, 0.3) is 0 Å². The molecule has 0 unspecified atom stereocenters. The summed E-state index contributed by atoms with van der Waals surface area (Å²) in [5.41, 5.74) is 14.6. The summed E-state index contributed by atoms with van der Waals surface area (Å²) in [4.78, 5) is 5.39. The molecular formula is C37H31BN2. The Bertz CT molecular complexity index is 2290. The molecule has 0 radical (unpaired) electrons. The molecule has 4 heterocycles. The van der Waals surface area contributed by atoms with Gasteiger partial charge in [-0.1, -0.05) is 120 Å². The van der Waals surface area contributed by atoms with Gasteiger partial charge in [-0.25, -0.2) is 4.98 Å². The Hall–Kier alpha value is -4.11. The van der Waals surface area contributed by atoms with Gasteiger partial charge in [-0.3, -0.25) is 4.40 Å². The maximum Gasteiger partial charge on any atom is 0.248 e. The minimum atomic E-state index is 0.0235. The molecule has 0 saturated heterocycles. The van der Waals surface area contributed by atoms with Crippen molar-refractivity contribution in [3.63, 3.8) is 0 Å². The van der Waals surface area contributed by atoms with E-state index >= 15 is 0 Å². The molecule has 7 aromatic rings. The van der Waals surface area contributed by atoms with Crippen LogP contribution >= 0.6 is 0 Å². The molecule has 0 aliphatic carbocycles. The second-order valence-electron chi connectivity index (χ2n) is 14.0. The summed E-state index contributed by atoms with van der Waals surface area (Å²) in [6.45, 7) is 14.1. The Kier molecular flexibility index (Phi) is 3.95. The lowest BCUT2D eigenvalue weighted by Crippen LogP contribution is -2.57. The van der Waals surface area contributed by atoms with Gasteiger partial charge in [0.2, 0.25) is 6.71 Å². The lowest BCUT2D eigenvalue weighted by molar-refractivity contribution is 0.591. The lowest BCUT2D eigenvalue weighted by Gasteiger charge is -2.34. The predicted octanol–water partition coefficient (Wildman–Crippen LogP) is 7.35. The number of rotatable bonds is 0. The van der Waals surface area contributed by atoms with E-state index in [1.807, 2.05) is 0 Å². The van der Waals surface area contributed by atoms with Crippen LogP contribution in [0.2, 0.25) is 0 Å². The first-order valence-corrected chi connectivity index (χ1v) is 14.5. The first-order chi connectivity index (χ1) is 19.1. The van der Waals surface area contributed by atoms with E-state index < -0.39 is 0 Å². The SMILES string of the molecule is CC(C)(C)c1cc2c3c(c1)nc1c4ccccc4c4ccc5c(c4n13)B2c1ccc(C(C)(C)C)c2cccc-5c12. The molecule has 0 amide bonds. The van der Waals surface area contributed by atoms with Gasteiger partial charge in [0.15, 0.2) is 0 Å². The molecule has 0 saturated carbocycles. The van der Waals surface area contributed by atoms with Crippen LogP contribution in [0.1, 0.15) is 52.7 Å². The predicted molar refractivity (Wildman–Crippen MR) is 173 cm³/mol. The molecule has 9 rings (SSSR count). The fourth-order valence-corrected chi connectivity index (χ4v) is 7.83. The van der Waals surface area contributed by atoms with Crippen molar-refractivity contribution in [1.82, 2.24) is 9.38 Å². The maximum atomic E-state index is 5.39. The van der Waals surface area contributed by atoms with Crippen LogP contribution in [0, 0.1) is 0 Å². The number of hydrogen-bond donors (Lipinski definition) is 0. The van der Waals surface area contributed by atoms with Crippen LogP contribution in [-0.4, -0.2) is 16.1 Å². The van der Waals surface area contributed by atoms with E-state index in [2.05, 4.69) is 125 Å². The zero-order valence-corrected chi connectivity index (χ0v) is 24.0. The van der Waals surface area contributed by atoms with Crippen LogP contribution in [0.5, 0.6) is 0 Å². The van der Waals surface area contributed by atoms with Crippen molar-refractivity contribution in [3.8, 4) is 11.1 Å². The highest BCUT2D eigenvalue weighted by atomic mass is 15.0. The average molecular weight is 514 g/mol. The van der Waals surface area contributed by atoms with Crippen molar-refractivity contribution in [2.75, 3.05) is 0 Å². The Morgan fingerprint density at radius 2 is 1.40 bits per heavy atom. The number of imidazole rings is 1. The van der Waals surface area contributed by atoms with E-state index in [1.54, 1.807) is 0 Å². The fourth-order valence-electron chi connectivity index (χ4n) is 7.83. The van der Waals surface area contributed by atoms with Crippen LogP contribution in [-0.2, 0) is 10.8 Å². The standard InChI is InChI=1S/C37H31BN2/c1-36(2,3)20-18-29-34-30(19-20)39-35-25-11-8-7-10-21(25)24-15-14-23-22-12-9-13-26-27(37(4,5)6)16-17-28(31(22)26)38(29)32(23)33(24)40(34)35/h7-19H,1-6H3. The average Bonchev–Trinajstić information content (AvgIpc) is 3.32. The highest BCUT2D eigenvalue weighted by Crippen LogP contribution is 2.41. The van der Waals surface area contributed by atoms with E-state index in [0.717, 1.165) is 11.2 Å². The number of pyridine rings is 1. The van der Waals surface area contributed by atoms with Crippen molar-refractivity contribution >= 4 is 72.2 Å². The molecule has 2 aliphatic rings. The van der Waals surface area contributed by atoms with Gasteiger partial charge in [0.05, 0.1) is 16.6 Å². The van der Waals surface area contributed by atoms with E-state index in [-0.39, 0.29) is 17.5 Å². The first-order valence-electron chi connectivity index (χ1n) is 14.5. The van der Waals surface area contributed by atoms with Crippen LogP contribution in [0.25, 0.3) is 60.3 Å². The Labute approximate surface area is 234 Å². The van der Waals surface area contributed by atoms with Crippen molar-refractivity contribution in [2.24, 2.45) is 0 Å². The van der Waals surface area contributed by atoms with E-state index in [1.165, 1.54) is 76.6 Å². The van der Waals surface area contributed by atoms with Crippen LogP contribution in [0.15, 0.2) is 78.9 Å². The molecule has 3 heteroatoms. The van der Waals surface area contributed by atoms with Gasteiger partial charge in [-0.15, -0.1) is 0 Å². The highest BCUT2D eigenvalue weighted by molar-refractivity contribution is 7.01. The van der Waals surface area contributed by atoms with Gasteiger partial charge in [-0.05, 0) is 66.2 Å². The summed E-state index contributed by atoms with van der Waals surface area (Å²) in [6.07, 6.45) is 0. The third-order valence-electron chi connectivity index (χ3n) is 9.63. The second-order valence-corrected chi connectivity index (χ2v) is 14.0. The third kappa shape index (κ3) is 2.59. The number of hydrogen-bond acceptors (Lipinski definition) is 1. The smallest absolute Gasteiger partial charge is 0.248 e. The molecule has 2 aromatic heterocycles. The summed E-state index contributed by atoms with van der Waals surface area (Å²) in [5, 5.41) is 6.64. The maximum absolute atomic E-state index is 5.39. The first kappa shape index (κ1) is 22.7. The molecule has 0 spiro atoms. The Morgan fingerprint density at radius 3 is 2.17 bits per heavy atom. The van der Waals surface area contributed by atoms with Crippen molar-refractivity contribution in [1.29, 1.82) is 0 Å². The quantitative estimate of drug-likeness (QED) is 0.153. The minimum Gasteiger partial charge on any atom is -0.293 e. The van der Waals surface area contributed by atoms with Crippen LogP contribution < -0.4 is 16.4 Å². The zero-order valence-electron chi connectivity index (χ0n) is 24.0. The van der Waals surface area contributed by atoms with Gasteiger partial charge in [0.1, 0.15) is 5.65 Å².